The SMILES string of the molecule is CC(C)[Si](O[C@H]1CO[C@@H](c2ccccc2)[C@@H]1[Se]c1ccccc1)(C(C)C)C(C)C. The molecule has 2 aromatic rings. The zero-order valence-corrected chi connectivity index (χ0v) is 21.4. The number of benzene rings is 2. The molecular weight excluding hydrogens is 439 g/mol. The van der Waals surface area contributed by atoms with E-state index < -0.39 is 8.32 Å². The number of hydrogen-bond donors (Lipinski definition) is 0. The molecule has 3 rings (SSSR count). The second kappa shape index (κ2) is 9.94. The van der Waals surface area contributed by atoms with Crippen LogP contribution < -0.4 is 4.46 Å². The molecular formula is C25H36O2SeSi. The van der Waals surface area contributed by atoms with Crippen LogP contribution in [0.5, 0.6) is 0 Å². The van der Waals surface area contributed by atoms with Gasteiger partial charge in [-0.1, -0.05) is 0 Å². The standard InChI is InChI=1S/C25H36O2SeSi/c1-18(2)29(19(3)4,20(5)6)27-23-17-26-24(21-13-9-7-10-14-21)25(23)28-22-15-11-8-12-16-22/h7-16,18-20,23-25H,17H2,1-6H3/t23-,24-,25+/m0/s1. The molecule has 1 aliphatic heterocycles. The van der Waals surface area contributed by atoms with Crippen molar-refractivity contribution in [3.63, 3.8) is 0 Å². The Hall–Kier alpha value is -0.904. The van der Waals surface area contributed by atoms with Crippen LogP contribution in [0.3, 0.4) is 0 Å². The van der Waals surface area contributed by atoms with Gasteiger partial charge in [0, 0.05) is 0 Å². The van der Waals surface area contributed by atoms with Crippen molar-refractivity contribution in [2.45, 2.75) is 75.2 Å². The summed E-state index contributed by atoms with van der Waals surface area (Å²) in [6.07, 6.45) is 0.305. The van der Waals surface area contributed by atoms with Gasteiger partial charge in [0.1, 0.15) is 0 Å². The molecule has 0 saturated carbocycles. The second-order valence-electron chi connectivity index (χ2n) is 9.03. The fourth-order valence-electron chi connectivity index (χ4n) is 5.08. The molecule has 0 radical (unpaired) electrons. The van der Waals surface area contributed by atoms with Gasteiger partial charge >= 0.3 is 185 Å². The van der Waals surface area contributed by atoms with Gasteiger partial charge in [-0.2, -0.15) is 0 Å². The van der Waals surface area contributed by atoms with Crippen LogP contribution in [0.1, 0.15) is 53.2 Å². The maximum absolute atomic E-state index is 7.25. The molecule has 0 bridgehead atoms. The van der Waals surface area contributed by atoms with Gasteiger partial charge in [-0.15, -0.1) is 0 Å². The third-order valence-electron chi connectivity index (χ3n) is 6.31. The van der Waals surface area contributed by atoms with E-state index in [2.05, 4.69) is 102 Å². The van der Waals surface area contributed by atoms with Crippen molar-refractivity contribution in [2.75, 3.05) is 6.61 Å². The molecule has 1 saturated heterocycles. The predicted molar refractivity (Wildman–Crippen MR) is 127 cm³/mol. The zero-order chi connectivity index (χ0) is 21.0. The van der Waals surface area contributed by atoms with Crippen molar-refractivity contribution in [2.24, 2.45) is 0 Å². The summed E-state index contributed by atoms with van der Waals surface area (Å²) in [4.78, 5) is 0.399. The molecule has 1 fully saturated rings. The fraction of sp³-hybridized carbons (Fsp3) is 0.520. The van der Waals surface area contributed by atoms with Crippen molar-refractivity contribution in [1.82, 2.24) is 0 Å². The average molecular weight is 476 g/mol. The van der Waals surface area contributed by atoms with E-state index in [1.165, 1.54) is 10.0 Å². The number of hydrogen-bond acceptors (Lipinski definition) is 2. The quantitative estimate of drug-likeness (QED) is 0.427. The Morgan fingerprint density at radius 2 is 1.34 bits per heavy atom. The predicted octanol–water partition coefficient (Wildman–Crippen LogP) is 6.14. The molecule has 3 atom stereocenters. The Bertz CT molecular complexity index is 726. The van der Waals surface area contributed by atoms with Gasteiger partial charge in [0.15, 0.2) is 0 Å². The first kappa shape index (κ1) is 22.8. The number of ether oxygens (including phenoxy) is 1. The van der Waals surface area contributed by atoms with Gasteiger partial charge in [0.05, 0.1) is 0 Å². The molecule has 0 aliphatic carbocycles. The van der Waals surface area contributed by atoms with Crippen molar-refractivity contribution >= 4 is 27.7 Å². The van der Waals surface area contributed by atoms with E-state index in [0.29, 0.717) is 43.0 Å². The van der Waals surface area contributed by atoms with Crippen LogP contribution in [-0.4, -0.2) is 36.0 Å². The first-order valence-electron chi connectivity index (χ1n) is 10.9. The fourth-order valence-corrected chi connectivity index (χ4v) is 13.5. The molecule has 2 aromatic carbocycles. The van der Waals surface area contributed by atoms with E-state index in [4.69, 9.17) is 9.16 Å². The van der Waals surface area contributed by atoms with Crippen LogP contribution in [-0.2, 0) is 9.16 Å². The van der Waals surface area contributed by atoms with E-state index in [-0.39, 0.29) is 12.2 Å². The summed E-state index contributed by atoms with van der Waals surface area (Å²) in [7, 11) is -1.95. The van der Waals surface area contributed by atoms with Crippen molar-refractivity contribution < 1.29 is 9.16 Å². The third-order valence-corrected chi connectivity index (χ3v) is 15.3. The Kier molecular flexibility index (Phi) is 7.80. The topological polar surface area (TPSA) is 18.5 Å². The van der Waals surface area contributed by atoms with E-state index in [1.807, 2.05) is 0 Å². The van der Waals surface area contributed by atoms with Gasteiger partial charge in [-0.25, -0.2) is 0 Å². The summed E-state index contributed by atoms with van der Waals surface area (Å²) in [6, 6.07) is 21.7. The van der Waals surface area contributed by atoms with Gasteiger partial charge in [-0.3, -0.25) is 0 Å². The molecule has 29 heavy (non-hydrogen) atoms. The van der Waals surface area contributed by atoms with Crippen LogP contribution in [0.4, 0.5) is 0 Å². The first-order valence-corrected chi connectivity index (χ1v) is 14.9. The molecule has 158 valence electrons. The van der Waals surface area contributed by atoms with E-state index >= 15 is 0 Å². The molecule has 0 aromatic heterocycles. The Morgan fingerprint density at radius 3 is 1.86 bits per heavy atom. The molecule has 1 heterocycles. The minimum absolute atomic E-state index is 0.125. The average Bonchev–Trinajstić information content (AvgIpc) is 3.08. The Morgan fingerprint density at radius 1 is 0.828 bits per heavy atom. The third kappa shape index (κ3) is 4.89. The van der Waals surface area contributed by atoms with Crippen LogP contribution in [0, 0.1) is 0 Å². The van der Waals surface area contributed by atoms with Gasteiger partial charge < -0.3 is 0 Å². The molecule has 2 nitrogen and oxygen atoms in total. The van der Waals surface area contributed by atoms with E-state index in [0.717, 1.165) is 0 Å². The van der Waals surface area contributed by atoms with Crippen LogP contribution in [0.25, 0.3) is 0 Å². The summed E-state index contributed by atoms with van der Waals surface area (Å²) in [5, 5.41) is 0. The van der Waals surface area contributed by atoms with Crippen molar-refractivity contribution in [3.05, 3.63) is 66.2 Å². The number of rotatable bonds is 8. The van der Waals surface area contributed by atoms with Gasteiger partial charge in [0.25, 0.3) is 0 Å². The molecule has 0 amide bonds. The summed E-state index contributed by atoms with van der Waals surface area (Å²) < 4.78 is 15.1. The molecule has 4 heteroatoms. The van der Waals surface area contributed by atoms with E-state index in [9.17, 15) is 0 Å². The minimum atomic E-state index is -1.95. The van der Waals surface area contributed by atoms with Gasteiger partial charge in [0.2, 0.25) is 0 Å². The van der Waals surface area contributed by atoms with Crippen LogP contribution >= 0.6 is 0 Å². The van der Waals surface area contributed by atoms with E-state index in [1.54, 1.807) is 0 Å². The van der Waals surface area contributed by atoms with Crippen molar-refractivity contribution in [3.8, 4) is 0 Å². The molecule has 1 aliphatic rings. The normalized spacial score (nSPS) is 22.7. The monoisotopic (exact) mass is 476 g/mol. The molecule has 0 spiro atoms. The Labute approximate surface area is 184 Å². The van der Waals surface area contributed by atoms with Crippen LogP contribution in [0.2, 0.25) is 21.4 Å². The van der Waals surface area contributed by atoms with Crippen LogP contribution in [0.15, 0.2) is 60.7 Å². The Balaban J connectivity index is 1.93. The van der Waals surface area contributed by atoms with Crippen molar-refractivity contribution in [1.29, 1.82) is 0 Å². The van der Waals surface area contributed by atoms with Gasteiger partial charge in [-0.05, 0) is 0 Å². The molecule has 0 unspecified atom stereocenters. The first-order chi connectivity index (χ1) is 13.9. The summed E-state index contributed by atoms with van der Waals surface area (Å²) in [6.45, 7) is 14.9. The molecule has 0 N–H and O–H groups in total. The summed E-state index contributed by atoms with van der Waals surface area (Å²) >= 11 is 0.300. The summed E-state index contributed by atoms with van der Waals surface area (Å²) in [5.74, 6) is 0. The zero-order valence-electron chi connectivity index (χ0n) is 18.7. The summed E-state index contributed by atoms with van der Waals surface area (Å²) in [5.41, 5.74) is 3.04. The maximum atomic E-state index is 7.25. The second-order valence-corrected chi connectivity index (χ2v) is 17.1.